The zero-order chi connectivity index (χ0) is 16.9. The molecule has 0 aromatic carbocycles. The molecule has 0 aliphatic heterocycles. The fourth-order valence-electron chi connectivity index (χ4n) is 2.14. The summed E-state index contributed by atoms with van der Waals surface area (Å²) >= 11 is 0. The van der Waals surface area contributed by atoms with E-state index in [1.807, 2.05) is 0 Å². The third-order valence-corrected chi connectivity index (χ3v) is 6.51. The van der Waals surface area contributed by atoms with Crippen LogP contribution in [0.3, 0.4) is 0 Å². The van der Waals surface area contributed by atoms with Crippen molar-refractivity contribution in [1.29, 1.82) is 0 Å². The summed E-state index contributed by atoms with van der Waals surface area (Å²) in [5, 5.41) is 0. The van der Waals surface area contributed by atoms with E-state index in [1.165, 1.54) is 38.5 Å². The molecule has 0 fully saturated rings. The summed E-state index contributed by atoms with van der Waals surface area (Å²) in [4.78, 5) is 0. The number of unbranched alkanes of at least 4 members (excludes halogenated alkanes) is 9. The summed E-state index contributed by atoms with van der Waals surface area (Å²) in [5.74, 6) is -0.739. The van der Waals surface area contributed by atoms with Gasteiger partial charge in [-0.1, -0.05) is 64.7 Å². The van der Waals surface area contributed by atoms with Crippen LogP contribution in [0.4, 0.5) is 0 Å². The third kappa shape index (κ3) is 17.4. The van der Waals surface area contributed by atoms with Crippen LogP contribution in [-0.2, 0) is 23.9 Å². The van der Waals surface area contributed by atoms with Gasteiger partial charge in [0.15, 0.2) is 0 Å². The predicted octanol–water partition coefficient (Wildman–Crippen LogP) is -0.341. The Kier molecular flexibility index (Phi) is 17.1. The molecule has 0 rings (SSSR count). The largest absolute Gasteiger partial charge is 1.00 e. The monoisotopic (exact) mass is 381 g/mol. The van der Waals surface area contributed by atoms with Crippen LogP contribution in [0.2, 0.25) is 0 Å². The fraction of sp³-hybridized carbons (Fsp3) is 1.00. The minimum atomic E-state index is -4.06. The van der Waals surface area contributed by atoms with E-state index in [9.17, 15) is 16.8 Å². The summed E-state index contributed by atoms with van der Waals surface area (Å²) in [6.07, 6.45) is 10.8. The topological polar surface area (TPSA) is 104 Å². The van der Waals surface area contributed by atoms with Crippen LogP contribution >= 0.6 is 0 Å². The molecule has 9 heteroatoms. The third-order valence-electron chi connectivity index (χ3n) is 3.32. The Morgan fingerprint density at radius 2 is 1.13 bits per heavy atom. The first kappa shape index (κ1) is 26.1. The van der Waals surface area contributed by atoms with Crippen LogP contribution in [0, 0.1) is 0 Å². The van der Waals surface area contributed by atoms with E-state index in [4.69, 9.17) is 5.73 Å². The van der Waals surface area contributed by atoms with E-state index in [-0.39, 0.29) is 43.3 Å². The second kappa shape index (κ2) is 15.1. The Morgan fingerprint density at radius 3 is 1.57 bits per heavy atom. The van der Waals surface area contributed by atoms with Crippen LogP contribution in [0.5, 0.6) is 0 Å². The van der Waals surface area contributed by atoms with Gasteiger partial charge in [-0.25, -0.2) is 0 Å². The minimum Gasteiger partial charge on any atom is -1.00 e. The Bertz CT molecular complexity index is 472. The van der Waals surface area contributed by atoms with E-state index in [0.717, 1.165) is 19.3 Å². The molecule has 23 heavy (non-hydrogen) atoms. The summed E-state index contributed by atoms with van der Waals surface area (Å²) < 4.78 is 49.7. The average Bonchev–Trinajstić information content (AvgIpc) is 2.39. The summed E-state index contributed by atoms with van der Waals surface area (Å²) in [6, 6.07) is 0. The van der Waals surface area contributed by atoms with Crippen molar-refractivity contribution in [3.05, 3.63) is 0 Å². The second-order valence-corrected chi connectivity index (χ2v) is 9.15. The van der Waals surface area contributed by atoms with Crippen molar-refractivity contribution in [2.75, 3.05) is 18.1 Å². The van der Waals surface area contributed by atoms with Crippen LogP contribution < -0.4 is 35.3 Å². The predicted molar refractivity (Wildman–Crippen MR) is 90.7 cm³/mol. The molecule has 0 aliphatic carbocycles. The number of hydrogen-bond acceptors (Lipinski definition) is 6. The van der Waals surface area contributed by atoms with E-state index in [2.05, 4.69) is 10.6 Å². The van der Waals surface area contributed by atoms with Gasteiger partial charge in [0.2, 0.25) is 0 Å². The molecule has 6 nitrogen and oxygen atoms in total. The Balaban J connectivity index is -0.00000220. The van der Waals surface area contributed by atoms with E-state index in [0.29, 0.717) is 6.42 Å². The molecule has 0 saturated carbocycles. The molecule has 0 aromatic rings. The molecule has 0 heterocycles. The van der Waals surface area contributed by atoms with Crippen molar-refractivity contribution >= 4 is 20.2 Å². The SMILES string of the molecule is CCCCCCCCCCCCS(=O)(=O)OS(=O)(=O)CCN.[H-].[Na+]. The molecule has 0 atom stereocenters. The first-order valence-corrected chi connectivity index (χ1v) is 11.3. The maximum absolute atomic E-state index is 11.5. The molecular weight excluding hydrogens is 349 g/mol. The average molecular weight is 382 g/mol. The summed E-state index contributed by atoms with van der Waals surface area (Å²) in [6.45, 7) is 2.04. The van der Waals surface area contributed by atoms with Gasteiger partial charge in [0.1, 0.15) is 0 Å². The molecular formula is C14H32NNaO5S2. The maximum atomic E-state index is 11.5. The minimum absolute atomic E-state index is 0. The Morgan fingerprint density at radius 1 is 0.739 bits per heavy atom. The molecule has 136 valence electrons. The van der Waals surface area contributed by atoms with Crippen molar-refractivity contribution < 1.29 is 51.4 Å². The van der Waals surface area contributed by atoms with Gasteiger partial charge >= 0.3 is 29.6 Å². The fourth-order valence-corrected chi connectivity index (χ4v) is 4.79. The zero-order valence-corrected chi connectivity index (χ0v) is 18.3. The molecule has 0 unspecified atom stereocenters. The molecule has 0 spiro atoms. The van der Waals surface area contributed by atoms with Crippen LogP contribution in [0.1, 0.15) is 72.6 Å². The van der Waals surface area contributed by atoms with Gasteiger partial charge < -0.3 is 7.16 Å². The van der Waals surface area contributed by atoms with E-state index >= 15 is 0 Å². The molecule has 0 bridgehead atoms. The Labute approximate surface area is 166 Å². The van der Waals surface area contributed by atoms with Crippen molar-refractivity contribution in [1.82, 2.24) is 0 Å². The quantitative estimate of drug-likeness (QED) is 0.307. The van der Waals surface area contributed by atoms with Gasteiger partial charge in [-0.3, -0.25) is 0 Å². The zero-order valence-electron chi connectivity index (χ0n) is 15.6. The second-order valence-electron chi connectivity index (χ2n) is 5.56. The Hall–Kier alpha value is 0.820. The summed E-state index contributed by atoms with van der Waals surface area (Å²) in [5.41, 5.74) is 5.09. The van der Waals surface area contributed by atoms with Crippen molar-refractivity contribution in [3.63, 3.8) is 0 Å². The van der Waals surface area contributed by atoms with Crippen LogP contribution in [0.15, 0.2) is 0 Å². The number of rotatable bonds is 15. The summed E-state index contributed by atoms with van der Waals surface area (Å²) in [7, 11) is -8.08. The smallest absolute Gasteiger partial charge is 1.00 e. The molecule has 0 radical (unpaired) electrons. The molecule has 0 aromatic heterocycles. The van der Waals surface area contributed by atoms with Crippen molar-refractivity contribution in [2.24, 2.45) is 5.73 Å². The van der Waals surface area contributed by atoms with Gasteiger partial charge in [-0.15, -0.1) is 3.63 Å². The van der Waals surface area contributed by atoms with Gasteiger partial charge in [-0.05, 0) is 6.42 Å². The van der Waals surface area contributed by atoms with E-state index < -0.39 is 26.0 Å². The molecule has 0 aliphatic rings. The first-order chi connectivity index (χ1) is 10.3. The normalized spacial score (nSPS) is 12.1. The van der Waals surface area contributed by atoms with E-state index in [1.54, 1.807) is 0 Å². The van der Waals surface area contributed by atoms with Crippen molar-refractivity contribution in [2.45, 2.75) is 71.1 Å². The number of hydrogen-bond donors (Lipinski definition) is 1. The maximum Gasteiger partial charge on any atom is 1.00 e. The number of nitrogens with two attached hydrogens (primary N) is 1. The van der Waals surface area contributed by atoms with Gasteiger partial charge in [0.05, 0.1) is 11.5 Å². The van der Waals surface area contributed by atoms with Crippen LogP contribution in [0.25, 0.3) is 0 Å². The van der Waals surface area contributed by atoms with Gasteiger partial charge in [0.25, 0.3) is 20.2 Å². The molecule has 0 amide bonds. The molecule has 0 saturated heterocycles. The van der Waals surface area contributed by atoms with Gasteiger partial charge in [0, 0.05) is 6.54 Å². The van der Waals surface area contributed by atoms with Gasteiger partial charge in [-0.2, -0.15) is 16.8 Å². The van der Waals surface area contributed by atoms with Crippen molar-refractivity contribution in [3.8, 4) is 0 Å². The molecule has 2 N–H and O–H groups in total. The standard InChI is InChI=1S/C14H31NO5S2.Na.H/c1-2-3-4-5-6-7-8-9-10-11-13-21(16,17)20-22(18,19)14-12-15;;/h2-15H2,1H3;;/q;+1;-1. The van der Waals surface area contributed by atoms with Crippen LogP contribution in [-0.4, -0.2) is 34.9 Å². The first-order valence-electron chi connectivity index (χ1n) is 8.19.